The molecule has 0 unspecified atom stereocenters. The third-order valence-electron chi connectivity index (χ3n) is 6.55. The Morgan fingerprint density at radius 1 is 1.00 bits per heavy atom. The normalized spacial score (nSPS) is 12.3. The van der Waals surface area contributed by atoms with Gasteiger partial charge < -0.3 is 9.52 Å². The van der Waals surface area contributed by atoms with Gasteiger partial charge in [-0.25, -0.2) is 4.79 Å². The van der Waals surface area contributed by atoms with Gasteiger partial charge in [-0.15, -0.1) is 0 Å². The van der Waals surface area contributed by atoms with Crippen molar-refractivity contribution in [2.75, 3.05) is 6.54 Å². The lowest BCUT2D eigenvalue weighted by Crippen LogP contribution is -2.10. The van der Waals surface area contributed by atoms with Crippen molar-refractivity contribution in [3.8, 4) is 22.5 Å². The predicted molar refractivity (Wildman–Crippen MR) is 139 cm³/mol. The Hall–Kier alpha value is -3.40. The molecule has 0 fully saturated rings. The summed E-state index contributed by atoms with van der Waals surface area (Å²) in [6, 6.07) is 14.2. The van der Waals surface area contributed by atoms with Gasteiger partial charge in [0.05, 0.1) is 10.9 Å². The quantitative estimate of drug-likeness (QED) is 0.306. The van der Waals surface area contributed by atoms with E-state index in [2.05, 4.69) is 50.9 Å². The number of hydrogen-bond acceptors (Lipinski definition) is 3. The maximum Gasteiger partial charge on any atom is 0.336 e. The Morgan fingerprint density at radius 2 is 1.76 bits per heavy atom. The summed E-state index contributed by atoms with van der Waals surface area (Å²) in [5, 5.41) is 12.0. The summed E-state index contributed by atoms with van der Waals surface area (Å²) in [5.41, 5.74) is 8.10. The molecule has 2 aliphatic rings. The third-order valence-corrected chi connectivity index (χ3v) is 6.55. The number of fused-ring (bicyclic) bond motifs is 2. The molecule has 1 heterocycles. The first kappa shape index (κ1) is 23.7. The molecule has 4 nitrogen and oxygen atoms in total. The van der Waals surface area contributed by atoms with Crippen LogP contribution in [0, 0.1) is 13.8 Å². The molecule has 4 heteroatoms. The topological polar surface area (TPSA) is 62.8 Å². The van der Waals surface area contributed by atoms with Crippen LogP contribution in [-0.2, 0) is 6.42 Å². The SMILES string of the molecule is CCCc1cc2oc3cc(=NCC)c(C)cc-3c(-c3ccc(C(C)C)cc3C(=O)O)c2cc1C. The molecule has 0 spiro atoms. The molecule has 0 amide bonds. The molecule has 0 radical (unpaired) electrons. The summed E-state index contributed by atoms with van der Waals surface area (Å²) in [7, 11) is 0. The molecule has 1 aliphatic heterocycles. The zero-order valence-electron chi connectivity index (χ0n) is 21.0. The highest BCUT2D eigenvalue weighted by atomic mass is 16.4. The largest absolute Gasteiger partial charge is 0.478 e. The first-order valence-electron chi connectivity index (χ1n) is 12.1. The van der Waals surface area contributed by atoms with Gasteiger partial charge in [-0.1, -0.05) is 39.3 Å². The minimum absolute atomic E-state index is 0.241. The molecule has 2 aromatic carbocycles. The summed E-state index contributed by atoms with van der Waals surface area (Å²) in [4.78, 5) is 17.0. The molecule has 4 rings (SSSR count). The first-order chi connectivity index (χ1) is 16.2. The van der Waals surface area contributed by atoms with Crippen molar-refractivity contribution in [3.63, 3.8) is 0 Å². The van der Waals surface area contributed by atoms with Gasteiger partial charge in [0.25, 0.3) is 0 Å². The number of hydrogen-bond donors (Lipinski definition) is 1. The molecular formula is C30H33NO3. The standard InChI is InChI=1S/C30H33NO3/c1-7-9-21-15-27-24(12-18(21)5)29(22-11-10-20(17(3)4)14-23(22)30(32)33)25-13-19(6)26(31-8-2)16-28(25)34-27/h10-17H,7-9H2,1-6H3,(H,32,33). The zero-order chi connectivity index (χ0) is 24.6. The Labute approximate surface area is 201 Å². The van der Waals surface area contributed by atoms with Gasteiger partial charge >= 0.3 is 5.97 Å². The van der Waals surface area contributed by atoms with Crippen LogP contribution in [0.5, 0.6) is 0 Å². The van der Waals surface area contributed by atoms with Gasteiger partial charge in [-0.2, -0.15) is 0 Å². The van der Waals surface area contributed by atoms with E-state index >= 15 is 0 Å². The van der Waals surface area contributed by atoms with Crippen molar-refractivity contribution in [3.05, 3.63) is 75.6 Å². The van der Waals surface area contributed by atoms with Gasteiger partial charge in [-0.05, 0) is 85.2 Å². The van der Waals surface area contributed by atoms with Crippen LogP contribution in [0.1, 0.15) is 72.6 Å². The van der Waals surface area contributed by atoms with E-state index in [4.69, 9.17) is 4.42 Å². The second kappa shape index (κ2) is 9.46. The zero-order valence-corrected chi connectivity index (χ0v) is 21.0. The van der Waals surface area contributed by atoms with Gasteiger partial charge in [0, 0.05) is 29.1 Å². The summed E-state index contributed by atoms with van der Waals surface area (Å²) in [6.07, 6.45) is 2.02. The van der Waals surface area contributed by atoms with Crippen LogP contribution in [0.2, 0.25) is 0 Å². The van der Waals surface area contributed by atoms with E-state index in [0.29, 0.717) is 17.7 Å². The Balaban J connectivity index is 2.18. The van der Waals surface area contributed by atoms with E-state index in [1.54, 1.807) is 0 Å². The highest BCUT2D eigenvalue weighted by Gasteiger charge is 2.23. The molecule has 34 heavy (non-hydrogen) atoms. The van der Waals surface area contributed by atoms with E-state index in [-0.39, 0.29) is 5.92 Å². The van der Waals surface area contributed by atoms with E-state index in [1.165, 1.54) is 11.1 Å². The van der Waals surface area contributed by atoms with Gasteiger partial charge in [0.15, 0.2) is 0 Å². The van der Waals surface area contributed by atoms with Crippen molar-refractivity contribution in [2.45, 2.75) is 60.3 Å². The Kier molecular flexibility index (Phi) is 6.60. The number of rotatable bonds is 6. The van der Waals surface area contributed by atoms with Crippen LogP contribution in [0.25, 0.3) is 33.4 Å². The van der Waals surface area contributed by atoms with Crippen molar-refractivity contribution in [1.82, 2.24) is 0 Å². The number of nitrogens with zero attached hydrogens (tertiary/aromatic N) is 1. The number of aryl methyl sites for hydroxylation is 3. The number of aromatic carboxylic acids is 1. The summed E-state index contributed by atoms with van der Waals surface area (Å²) in [5.74, 6) is 0.0369. The van der Waals surface area contributed by atoms with Gasteiger partial charge in [0.2, 0.25) is 0 Å². The summed E-state index contributed by atoms with van der Waals surface area (Å²) >= 11 is 0. The maximum absolute atomic E-state index is 12.4. The fraction of sp³-hybridized carbons (Fsp3) is 0.333. The average molecular weight is 456 g/mol. The third kappa shape index (κ3) is 4.25. The predicted octanol–water partition coefficient (Wildman–Crippen LogP) is 7.52. The number of carboxylic acid groups (broad SMARTS) is 1. The summed E-state index contributed by atoms with van der Waals surface area (Å²) in [6.45, 7) is 13.2. The molecule has 0 aromatic heterocycles. The lowest BCUT2D eigenvalue weighted by molar-refractivity contribution is 0.0697. The van der Waals surface area contributed by atoms with Crippen LogP contribution in [0.3, 0.4) is 0 Å². The van der Waals surface area contributed by atoms with Crippen molar-refractivity contribution in [1.29, 1.82) is 0 Å². The Bertz CT molecular complexity index is 1430. The minimum Gasteiger partial charge on any atom is -0.478 e. The van der Waals surface area contributed by atoms with E-state index in [9.17, 15) is 9.90 Å². The second-order valence-corrected chi connectivity index (χ2v) is 9.38. The van der Waals surface area contributed by atoms with Gasteiger partial charge in [-0.3, -0.25) is 4.99 Å². The smallest absolute Gasteiger partial charge is 0.336 e. The second-order valence-electron chi connectivity index (χ2n) is 9.38. The van der Waals surface area contributed by atoms with E-state index < -0.39 is 5.97 Å². The van der Waals surface area contributed by atoms with Crippen LogP contribution >= 0.6 is 0 Å². The van der Waals surface area contributed by atoms with E-state index in [0.717, 1.165) is 57.2 Å². The minimum atomic E-state index is -0.923. The molecule has 1 N–H and O–H groups in total. The molecule has 0 saturated heterocycles. The van der Waals surface area contributed by atoms with Crippen LogP contribution in [0.4, 0.5) is 0 Å². The molecule has 0 atom stereocenters. The Morgan fingerprint density at radius 3 is 2.41 bits per heavy atom. The average Bonchev–Trinajstić information content (AvgIpc) is 2.79. The summed E-state index contributed by atoms with van der Waals surface area (Å²) < 4.78 is 6.45. The highest BCUT2D eigenvalue weighted by Crippen LogP contribution is 2.43. The van der Waals surface area contributed by atoms with Crippen molar-refractivity contribution in [2.24, 2.45) is 4.99 Å². The molecule has 1 aliphatic carbocycles. The lowest BCUT2D eigenvalue weighted by Gasteiger charge is -2.20. The monoisotopic (exact) mass is 455 g/mol. The fourth-order valence-electron chi connectivity index (χ4n) is 4.72. The molecule has 2 aromatic rings. The van der Waals surface area contributed by atoms with Crippen molar-refractivity contribution < 1.29 is 14.3 Å². The molecule has 0 saturated carbocycles. The van der Waals surface area contributed by atoms with Gasteiger partial charge in [0.1, 0.15) is 11.3 Å². The first-order valence-corrected chi connectivity index (χ1v) is 12.1. The molecule has 0 bridgehead atoms. The lowest BCUT2D eigenvalue weighted by atomic mass is 9.87. The van der Waals surface area contributed by atoms with Crippen LogP contribution < -0.4 is 5.36 Å². The van der Waals surface area contributed by atoms with Crippen LogP contribution in [0.15, 0.2) is 51.9 Å². The maximum atomic E-state index is 12.4. The number of carbonyl (C=O) groups is 1. The highest BCUT2D eigenvalue weighted by molar-refractivity contribution is 6.07. The number of carboxylic acids is 1. The number of benzene rings is 3. The van der Waals surface area contributed by atoms with Crippen LogP contribution in [-0.4, -0.2) is 17.6 Å². The fourth-order valence-corrected chi connectivity index (χ4v) is 4.72. The van der Waals surface area contributed by atoms with E-state index in [1.807, 2.05) is 38.1 Å². The molecule has 176 valence electrons. The van der Waals surface area contributed by atoms with Crippen molar-refractivity contribution >= 4 is 16.9 Å². The molecular weight excluding hydrogens is 422 g/mol.